The molecule has 132 valence electrons. The van der Waals surface area contributed by atoms with Gasteiger partial charge in [0.25, 0.3) is 5.91 Å². The summed E-state index contributed by atoms with van der Waals surface area (Å²) in [7, 11) is 0. The zero-order valence-corrected chi connectivity index (χ0v) is 15.2. The molecule has 2 aliphatic rings. The Morgan fingerprint density at radius 1 is 1.28 bits per heavy atom. The van der Waals surface area contributed by atoms with Crippen molar-refractivity contribution in [2.45, 2.75) is 25.9 Å². The van der Waals surface area contributed by atoms with Crippen LogP contribution in [0.5, 0.6) is 0 Å². The van der Waals surface area contributed by atoms with E-state index >= 15 is 0 Å². The number of thiophene rings is 1. The second-order valence-electron chi connectivity index (χ2n) is 6.55. The number of hydrogen-bond acceptors (Lipinski definition) is 6. The molecular weight excluding hydrogens is 336 g/mol. The van der Waals surface area contributed by atoms with Crippen LogP contribution >= 0.6 is 11.3 Å². The maximum Gasteiger partial charge on any atom is 0.255 e. The zero-order valence-electron chi connectivity index (χ0n) is 14.4. The van der Waals surface area contributed by atoms with Crippen LogP contribution in [-0.4, -0.2) is 53.6 Å². The van der Waals surface area contributed by atoms with Gasteiger partial charge in [-0.05, 0) is 36.8 Å². The first-order chi connectivity index (χ1) is 12.2. The van der Waals surface area contributed by atoms with E-state index in [2.05, 4.69) is 9.88 Å². The molecule has 0 N–H and O–H groups in total. The number of carbonyl (C=O) groups excluding carboxylic acids is 1. The number of aryl methyl sites for hydroxylation is 1. The van der Waals surface area contributed by atoms with Gasteiger partial charge in [0.1, 0.15) is 6.10 Å². The van der Waals surface area contributed by atoms with Crippen LogP contribution < -0.4 is 4.90 Å². The van der Waals surface area contributed by atoms with Crippen LogP contribution in [0.4, 0.5) is 5.95 Å². The molecule has 0 saturated carbocycles. The van der Waals surface area contributed by atoms with Gasteiger partial charge in [0.15, 0.2) is 0 Å². The van der Waals surface area contributed by atoms with Crippen molar-refractivity contribution < 1.29 is 9.53 Å². The van der Waals surface area contributed by atoms with Gasteiger partial charge in [0.2, 0.25) is 5.95 Å². The molecule has 0 unspecified atom stereocenters. The number of ether oxygens (including phenoxy) is 1. The van der Waals surface area contributed by atoms with Gasteiger partial charge in [-0.1, -0.05) is 0 Å². The average molecular weight is 358 g/mol. The maximum absolute atomic E-state index is 12.8. The normalized spacial score (nSPS) is 20.9. The van der Waals surface area contributed by atoms with Crippen LogP contribution in [0.3, 0.4) is 0 Å². The van der Waals surface area contributed by atoms with E-state index in [0.717, 1.165) is 35.9 Å². The highest BCUT2D eigenvalue weighted by molar-refractivity contribution is 7.08. The summed E-state index contributed by atoms with van der Waals surface area (Å²) in [6.07, 6.45) is 3.98. The number of nitrogens with zero attached hydrogens (tertiary/aromatic N) is 4. The monoisotopic (exact) mass is 358 g/mol. The fraction of sp³-hybridized carbons (Fsp3) is 0.500. The van der Waals surface area contributed by atoms with Crippen LogP contribution in [0, 0.1) is 6.92 Å². The average Bonchev–Trinajstić information content (AvgIpc) is 3.33. The number of anilines is 1. The van der Waals surface area contributed by atoms with E-state index < -0.39 is 0 Å². The quantitative estimate of drug-likeness (QED) is 0.844. The molecule has 2 aromatic rings. The maximum atomic E-state index is 12.8. The lowest BCUT2D eigenvalue weighted by molar-refractivity contribution is -0.0247. The highest BCUT2D eigenvalue weighted by Crippen LogP contribution is 2.25. The molecule has 2 fully saturated rings. The van der Waals surface area contributed by atoms with Gasteiger partial charge >= 0.3 is 0 Å². The fourth-order valence-corrected chi connectivity index (χ4v) is 4.20. The van der Waals surface area contributed by atoms with Gasteiger partial charge in [0, 0.05) is 31.2 Å². The Bertz CT molecular complexity index is 757. The van der Waals surface area contributed by atoms with Gasteiger partial charge in [-0.15, -0.1) is 0 Å². The SMILES string of the molecule is Cc1cscc1C(=O)N1CCO[C@@H](c2ccnc(N3CCCC3)n2)C1. The second-order valence-corrected chi connectivity index (χ2v) is 7.30. The molecule has 1 atom stereocenters. The minimum Gasteiger partial charge on any atom is -0.368 e. The van der Waals surface area contributed by atoms with Crippen molar-refractivity contribution in [1.29, 1.82) is 0 Å². The smallest absolute Gasteiger partial charge is 0.255 e. The molecule has 4 heterocycles. The molecule has 0 spiro atoms. The summed E-state index contributed by atoms with van der Waals surface area (Å²) >= 11 is 1.57. The van der Waals surface area contributed by atoms with E-state index in [0.29, 0.717) is 19.7 Å². The first-order valence-corrected chi connectivity index (χ1v) is 9.68. The first-order valence-electron chi connectivity index (χ1n) is 8.74. The summed E-state index contributed by atoms with van der Waals surface area (Å²) < 4.78 is 5.91. The molecule has 1 amide bonds. The van der Waals surface area contributed by atoms with E-state index in [4.69, 9.17) is 9.72 Å². The highest BCUT2D eigenvalue weighted by atomic mass is 32.1. The first kappa shape index (κ1) is 16.5. The number of amides is 1. The third kappa shape index (κ3) is 3.39. The Morgan fingerprint density at radius 2 is 2.12 bits per heavy atom. The summed E-state index contributed by atoms with van der Waals surface area (Å²) in [5, 5.41) is 3.94. The van der Waals surface area contributed by atoms with E-state index in [-0.39, 0.29) is 12.0 Å². The molecule has 2 aromatic heterocycles. The number of morpholine rings is 1. The highest BCUT2D eigenvalue weighted by Gasteiger charge is 2.28. The molecule has 0 radical (unpaired) electrons. The van der Waals surface area contributed by atoms with Crippen molar-refractivity contribution >= 4 is 23.2 Å². The van der Waals surface area contributed by atoms with E-state index in [1.54, 1.807) is 17.5 Å². The summed E-state index contributed by atoms with van der Waals surface area (Å²) in [5.74, 6) is 0.858. The van der Waals surface area contributed by atoms with Gasteiger partial charge in [0.05, 0.1) is 24.4 Å². The molecule has 0 aliphatic carbocycles. The number of hydrogen-bond donors (Lipinski definition) is 0. The van der Waals surface area contributed by atoms with E-state index in [9.17, 15) is 4.79 Å². The Kier molecular flexibility index (Phi) is 4.67. The zero-order chi connectivity index (χ0) is 17.2. The standard InChI is InChI=1S/C18H22N4O2S/c1-13-11-25-12-14(13)17(23)22-8-9-24-16(10-22)15-4-5-19-18(20-15)21-6-2-3-7-21/h4-5,11-12,16H,2-3,6-10H2,1H3/t16-/m1/s1. The summed E-state index contributed by atoms with van der Waals surface area (Å²) in [4.78, 5) is 26.0. The van der Waals surface area contributed by atoms with Gasteiger partial charge in [-0.2, -0.15) is 11.3 Å². The third-order valence-electron chi connectivity index (χ3n) is 4.82. The topological polar surface area (TPSA) is 58.6 Å². The van der Waals surface area contributed by atoms with Crippen molar-refractivity contribution in [3.05, 3.63) is 39.8 Å². The van der Waals surface area contributed by atoms with Crippen LogP contribution in [0.1, 0.15) is 40.6 Å². The lowest BCUT2D eigenvalue weighted by atomic mass is 10.1. The summed E-state index contributed by atoms with van der Waals surface area (Å²) in [6.45, 7) is 5.68. The van der Waals surface area contributed by atoms with Crippen molar-refractivity contribution in [3.63, 3.8) is 0 Å². The van der Waals surface area contributed by atoms with Crippen molar-refractivity contribution in [1.82, 2.24) is 14.9 Å². The Balaban J connectivity index is 1.50. The molecule has 0 aromatic carbocycles. The molecular formula is C18H22N4O2S. The summed E-state index contributed by atoms with van der Waals surface area (Å²) in [5.41, 5.74) is 2.69. The molecule has 6 nitrogen and oxygen atoms in total. The van der Waals surface area contributed by atoms with Crippen LogP contribution in [0.15, 0.2) is 23.0 Å². The fourth-order valence-electron chi connectivity index (χ4n) is 3.37. The molecule has 0 bridgehead atoms. The molecule has 25 heavy (non-hydrogen) atoms. The van der Waals surface area contributed by atoms with Crippen LogP contribution in [0.25, 0.3) is 0 Å². The lowest BCUT2D eigenvalue weighted by Crippen LogP contribution is -2.42. The minimum atomic E-state index is -0.194. The predicted molar refractivity (Wildman–Crippen MR) is 97.1 cm³/mol. The molecule has 7 heteroatoms. The molecule has 2 saturated heterocycles. The van der Waals surface area contributed by atoms with Crippen LogP contribution in [0.2, 0.25) is 0 Å². The van der Waals surface area contributed by atoms with Crippen molar-refractivity contribution in [2.75, 3.05) is 37.7 Å². The van der Waals surface area contributed by atoms with Gasteiger partial charge < -0.3 is 14.5 Å². The molecule has 4 rings (SSSR count). The Labute approximate surface area is 151 Å². The van der Waals surface area contributed by atoms with Gasteiger partial charge in [-0.3, -0.25) is 4.79 Å². The van der Waals surface area contributed by atoms with E-state index in [1.807, 2.05) is 28.7 Å². The van der Waals surface area contributed by atoms with Crippen LogP contribution in [-0.2, 0) is 4.74 Å². The molecule has 2 aliphatic heterocycles. The Morgan fingerprint density at radius 3 is 2.88 bits per heavy atom. The lowest BCUT2D eigenvalue weighted by Gasteiger charge is -2.33. The summed E-state index contributed by atoms with van der Waals surface area (Å²) in [6, 6.07) is 1.90. The van der Waals surface area contributed by atoms with Gasteiger partial charge in [-0.25, -0.2) is 9.97 Å². The third-order valence-corrected chi connectivity index (χ3v) is 5.68. The number of aromatic nitrogens is 2. The Hall–Kier alpha value is -1.99. The number of carbonyl (C=O) groups is 1. The van der Waals surface area contributed by atoms with Crippen molar-refractivity contribution in [3.8, 4) is 0 Å². The minimum absolute atomic E-state index is 0.0841. The van der Waals surface area contributed by atoms with E-state index in [1.165, 1.54) is 12.8 Å². The predicted octanol–water partition coefficient (Wildman–Crippen LogP) is 2.66. The number of rotatable bonds is 3. The van der Waals surface area contributed by atoms with Crippen molar-refractivity contribution in [2.24, 2.45) is 0 Å². The second kappa shape index (κ2) is 7.09. The largest absolute Gasteiger partial charge is 0.368 e.